The maximum absolute atomic E-state index is 12.8. The molecule has 0 aromatic heterocycles. The van der Waals surface area contributed by atoms with Crippen LogP contribution in [0.4, 0.5) is 8.78 Å². The lowest BCUT2D eigenvalue weighted by Crippen LogP contribution is -2.11. The summed E-state index contributed by atoms with van der Waals surface area (Å²) < 4.78 is 25.5. The van der Waals surface area contributed by atoms with Gasteiger partial charge in [-0.05, 0) is 30.5 Å². The van der Waals surface area contributed by atoms with E-state index in [0.29, 0.717) is 18.4 Å². The topological polar surface area (TPSA) is 46.2 Å². The van der Waals surface area contributed by atoms with Crippen molar-refractivity contribution in [3.63, 3.8) is 0 Å². The third-order valence-corrected chi connectivity index (χ3v) is 1.99. The molecule has 0 saturated carbocycles. The van der Waals surface area contributed by atoms with Crippen LogP contribution >= 0.6 is 12.4 Å². The Bertz CT molecular complexity index is 289. The zero-order chi connectivity index (χ0) is 10.6. The van der Waals surface area contributed by atoms with Crippen molar-refractivity contribution >= 4 is 12.4 Å². The van der Waals surface area contributed by atoms with Gasteiger partial charge in [-0.1, -0.05) is 0 Å². The summed E-state index contributed by atoms with van der Waals surface area (Å²) >= 11 is 0. The average Bonchev–Trinajstić information content (AvgIpc) is 2.12. The fourth-order valence-corrected chi connectivity index (χ4v) is 1.27. The summed E-state index contributed by atoms with van der Waals surface area (Å²) in [6, 6.07) is 2.81. The molecule has 0 saturated heterocycles. The Morgan fingerprint density at radius 3 is 2.20 bits per heavy atom. The molecule has 0 bridgehead atoms. The molecule has 1 aromatic rings. The first kappa shape index (κ1) is 14.3. The summed E-state index contributed by atoms with van der Waals surface area (Å²) in [7, 11) is 0. The van der Waals surface area contributed by atoms with Gasteiger partial charge in [-0.15, -0.1) is 12.4 Å². The summed E-state index contributed by atoms with van der Waals surface area (Å²) in [5.74, 6) is -1.25. The molecular formula is C10H14ClF2NO. The molecule has 0 amide bonds. The van der Waals surface area contributed by atoms with Gasteiger partial charge < -0.3 is 10.8 Å². The van der Waals surface area contributed by atoms with Gasteiger partial charge in [0, 0.05) is 18.7 Å². The fourth-order valence-electron chi connectivity index (χ4n) is 1.27. The van der Waals surface area contributed by atoms with Crippen LogP contribution < -0.4 is 5.73 Å². The summed E-state index contributed by atoms with van der Waals surface area (Å²) in [6.45, 7) is 0.0332. The van der Waals surface area contributed by atoms with Gasteiger partial charge in [0.05, 0.1) is 0 Å². The first-order valence-corrected chi connectivity index (χ1v) is 4.46. The van der Waals surface area contributed by atoms with Crippen LogP contribution in [0.2, 0.25) is 0 Å². The lowest BCUT2D eigenvalue weighted by molar-refractivity contribution is 0.280. The Hall–Kier alpha value is -0.710. The van der Waals surface area contributed by atoms with Crippen molar-refractivity contribution in [2.75, 3.05) is 6.61 Å². The second-order valence-corrected chi connectivity index (χ2v) is 3.18. The fraction of sp³-hybridized carbons (Fsp3) is 0.400. The van der Waals surface area contributed by atoms with Gasteiger partial charge in [0.2, 0.25) is 0 Å². The molecule has 1 aromatic carbocycles. The van der Waals surface area contributed by atoms with Crippen LogP contribution in [0.15, 0.2) is 18.2 Å². The smallest absolute Gasteiger partial charge is 0.126 e. The van der Waals surface area contributed by atoms with E-state index in [4.69, 9.17) is 10.8 Å². The van der Waals surface area contributed by atoms with Crippen molar-refractivity contribution < 1.29 is 13.9 Å². The molecule has 0 aliphatic heterocycles. The number of benzene rings is 1. The van der Waals surface area contributed by atoms with Gasteiger partial charge in [-0.25, -0.2) is 8.78 Å². The number of rotatable bonds is 4. The van der Waals surface area contributed by atoms with Gasteiger partial charge in [-0.3, -0.25) is 0 Å². The summed E-state index contributed by atoms with van der Waals surface area (Å²) in [5, 5.41) is 8.57. The number of aliphatic hydroxyl groups is 1. The number of nitrogens with two attached hydrogens (primary N) is 1. The van der Waals surface area contributed by atoms with E-state index in [1.54, 1.807) is 0 Å². The predicted molar refractivity (Wildman–Crippen MR) is 56.9 cm³/mol. The largest absolute Gasteiger partial charge is 0.396 e. The summed E-state index contributed by atoms with van der Waals surface area (Å²) in [4.78, 5) is 0. The minimum Gasteiger partial charge on any atom is -0.396 e. The Morgan fingerprint density at radius 1 is 1.20 bits per heavy atom. The second kappa shape index (κ2) is 6.71. The molecule has 1 rings (SSSR count). The summed E-state index contributed by atoms with van der Waals surface area (Å²) in [6.07, 6.45) is 1.04. The maximum Gasteiger partial charge on any atom is 0.126 e. The van der Waals surface area contributed by atoms with Gasteiger partial charge in [0.15, 0.2) is 0 Å². The van der Waals surface area contributed by atoms with Crippen molar-refractivity contribution in [1.82, 2.24) is 0 Å². The number of hydrogen-bond donors (Lipinski definition) is 2. The highest BCUT2D eigenvalue weighted by molar-refractivity contribution is 5.85. The van der Waals surface area contributed by atoms with Crippen molar-refractivity contribution in [3.8, 4) is 0 Å². The highest BCUT2D eigenvalue weighted by atomic mass is 35.5. The summed E-state index contributed by atoms with van der Waals surface area (Å²) in [5.41, 5.74) is 6.10. The molecule has 1 atom stereocenters. The molecule has 5 heteroatoms. The molecule has 2 nitrogen and oxygen atoms in total. The van der Waals surface area contributed by atoms with Crippen LogP contribution in [-0.4, -0.2) is 11.7 Å². The van der Waals surface area contributed by atoms with Crippen molar-refractivity contribution in [1.29, 1.82) is 0 Å². The second-order valence-electron chi connectivity index (χ2n) is 3.18. The van der Waals surface area contributed by atoms with Crippen LogP contribution in [0.1, 0.15) is 24.4 Å². The minimum atomic E-state index is -0.626. The average molecular weight is 238 g/mol. The Balaban J connectivity index is 0.00000196. The molecule has 3 N–H and O–H groups in total. The standard InChI is InChI=1S/C10H13F2NO.ClH/c11-8-4-7(5-9(12)6-8)10(13)2-1-3-14;/h4-6,10,14H,1-3,13H2;1H/t10-;/m0./s1. The van der Waals surface area contributed by atoms with E-state index < -0.39 is 17.7 Å². The molecule has 0 fully saturated rings. The zero-order valence-electron chi connectivity index (χ0n) is 8.12. The lowest BCUT2D eigenvalue weighted by atomic mass is 10.0. The number of halogens is 3. The van der Waals surface area contributed by atoms with E-state index in [1.807, 2.05) is 0 Å². The third kappa shape index (κ3) is 4.55. The predicted octanol–water partition coefficient (Wildman–Crippen LogP) is 2.16. The van der Waals surface area contributed by atoms with Gasteiger partial charge in [-0.2, -0.15) is 0 Å². The van der Waals surface area contributed by atoms with E-state index in [9.17, 15) is 8.78 Å². The SMILES string of the molecule is Cl.N[C@@H](CCCO)c1cc(F)cc(F)c1. The highest BCUT2D eigenvalue weighted by Crippen LogP contribution is 2.18. The molecule has 0 aliphatic rings. The molecule has 0 radical (unpaired) electrons. The van der Waals surface area contributed by atoms with Gasteiger partial charge in [0.1, 0.15) is 11.6 Å². The normalized spacial score (nSPS) is 12.0. The molecule has 15 heavy (non-hydrogen) atoms. The monoisotopic (exact) mass is 237 g/mol. The van der Waals surface area contributed by atoms with E-state index in [-0.39, 0.29) is 19.0 Å². The first-order valence-electron chi connectivity index (χ1n) is 4.46. The van der Waals surface area contributed by atoms with Crippen LogP contribution in [0.5, 0.6) is 0 Å². The zero-order valence-corrected chi connectivity index (χ0v) is 8.94. The molecule has 0 aliphatic carbocycles. The molecule has 0 unspecified atom stereocenters. The van der Waals surface area contributed by atoms with E-state index in [1.165, 1.54) is 12.1 Å². The first-order chi connectivity index (χ1) is 6.63. The minimum absolute atomic E-state index is 0. The van der Waals surface area contributed by atoms with Gasteiger partial charge >= 0.3 is 0 Å². The Morgan fingerprint density at radius 2 is 1.73 bits per heavy atom. The molecule has 0 spiro atoms. The van der Waals surface area contributed by atoms with E-state index in [2.05, 4.69) is 0 Å². The Labute approximate surface area is 93.5 Å². The molecule has 86 valence electrons. The quantitative estimate of drug-likeness (QED) is 0.843. The number of hydrogen-bond acceptors (Lipinski definition) is 2. The number of aliphatic hydroxyl groups excluding tert-OH is 1. The molecular weight excluding hydrogens is 224 g/mol. The van der Waals surface area contributed by atoms with Crippen molar-refractivity contribution in [2.45, 2.75) is 18.9 Å². The van der Waals surface area contributed by atoms with Crippen molar-refractivity contribution in [3.05, 3.63) is 35.4 Å². The van der Waals surface area contributed by atoms with Crippen molar-refractivity contribution in [2.24, 2.45) is 5.73 Å². The molecule has 0 heterocycles. The highest BCUT2D eigenvalue weighted by Gasteiger charge is 2.08. The van der Waals surface area contributed by atoms with Gasteiger partial charge in [0.25, 0.3) is 0 Å². The Kier molecular flexibility index (Phi) is 6.40. The van der Waals surface area contributed by atoms with Crippen LogP contribution in [0, 0.1) is 11.6 Å². The van der Waals surface area contributed by atoms with Crippen LogP contribution in [0.25, 0.3) is 0 Å². The lowest BCUT2D eigenvalue weighted by Gasteiger charge is -2.11. The maximum atomic E-state index is 12.8. The third-order valence-electron chi connectivity index (χ3n) is 1.99. The van der Waals surface area contributed by atoms with E-state index in [0.717, 1.165) is 6.07 Å². The van der Waals surface area contributed by atoms with E-state index >= 15 is 0 Å². The van der Waals surface area contributed by atoms with Crippen LogP contribution in [0.3, 0.4) is 0 Å². The van der Waals surface area contributed by atoms with Crippen LogP contribution in [-0.2, 0) is 0 Å².